The lowest BCUT2D eigenvalue weighted by Gasteiger charge is -2.32. The molecule has 0 unspecified atom stereocenters. The van der Waals surface area contributed by atoms with Crippen LogP contribution >= 0.6 is 0 Å². The first kappa shape index (κ1) is 37.5. The molecule has 0 bridgehead atoms. The van der Waals surface area contributed by atoms with Crippen molar-refractivity contribution in [1.82, 2.24) is 0 Å². The predicted octanol–water partition coefficient (Wildman–Crippen LogP) is 13.8. The van der Waals surface area contributed by atoms with Gasteiger partial charge in [-0.15, -0.1) is 0 Å². The normalized spacial score (nSPS) is 22.5. The van der Waals surface area contributed by atoms with Gasteiger partial charge in [-0.2, -0.15) is 0 Å². The van der Waals surface area contributed by atoms with Crippen molar-refractivity contribution in [3.05, 3.63) is 178 Å². The molecule has 6 aromatic carbocycles. The molecule has 0 amide bonds. The van der Waals surface area contributed by atoms with E-state index in [4.69, 9.17) is 9.47 Å². The third kappa shape index (κ3) is 6.34. The van der Waals surface area contributed by atoms with Gasteiger partial charge < -0.3 is 9.47 Å². The van der Waals surface area contributed by atoms with Crippen LogP contribution in [0.5, 0.6) is 11.5 Å². The summed E-state index contributed by atoms with van der Waals surface area (Å²) in [6.45, 7) is 4.59. The number of ether oxygens (including phenoxy) is 2. The van der Waals surface area contributed by atoms with Crippen molar-refractivity contribution >= 4 is 11.9 Å². The Bertz CT molecular complexity index is 2350. The summed E-state index contributed by atoms with van der Waals surface area (Å²) in [6.07, 6.45) is 12.4. The summed E-state index contributed by atoms with van der Waals surface area (Å²) in [5.74, 6) is 2.97. The van der Waals surface area contributed by atoms with E-state index in [-0.39, 0.29) is 11.9 Å². The maximum atomic E-state index is 14.2. The topological polar surface area (TPSA) is 52.6 Å². The molecule has 0 saturated heterocycles. The zero-order valence-electron chi connectivity index (χ0n) is 34.2. The minimum atomic E-state index is -0.909. The quantitative estimate of drug-likeness (QED) is 0.114. The fourth-order valence-corrected chi connectivity index (χ4v) is 11.3. The van der Waals surface area contributed by atoms with Crippen LogP contribution in [-0.2, 0) is 5.41 Å². The van der Waals surface area contributed by atoms with Crippen molar-refractivity contribution in [2.75, 3.05) is 0 Å². The largest absolute Gasteiger partial charge is 0.423 e. The number of hydrogen-bond acceptors (Lipinski definition) is 4. The lowest BCUT2D eigenvalue weighted by Crippen LogP contribution is -2.28. The van der Waals surface area contributed by atoms with E-state index >= 15 is 0 Å². The number of carbonyl (C=O) groups is 2. The molecule has 0 atom stereocenters. The summed E-state index contributed by atoms with van der Waals surface area (Å²) in [5.41, 5.74) is 10.8. The minimum Gasteiger partial charge on any atom is -0.423 e. The molecule has 0 N–H and O–H groups in total. The van der Waals surface area contributed by atoms with E-state index in [1.165, 1.54) is 75.3 Å². The molecule has 10 rings (SSSR count). The molecule has 296 valence electrons. The highest BCUT2D eigenvalue weighted by Crippen LogP contribution is 2.66. The molecule has 4 heteroatoms. The van der Waals surface area contributed by atoms with Crippen molar-refractivity contribution in [2.24, 2.45) is 11.8 Å². The molecule has 1 spiro atoms. The van der Waals surface area contributed by atoms with Crippen LogP contribution in [0.15, 0.2) is 133 Å². The molecule has 59 heavy (non-hydrogen) atoms. The van der Waals surface area contributed by atoms with Crippen LogP contribution in [0.1, 0.15) is 144 Å². The maximum absolute atomic E-state index is 14.2. The summed E-state index contributed by atoms with van der Waals surface area (Å²) < 4.78 is 13.0. The zero-order chi connectivity index (χ0) is 40.1. The number of hydrogen-bond donors (Lipinski definition) is 0. The van der Waals surface area contributed by atoms with Gasteiger partial charge in [-0.05, 0) is 156 Å². The van der Waals surface area contributed by atoms with E-state index in [2.05, 4.69) is 98.8 Å². The summed E-state index contributed by atoms with van der Waals surface area (Å²) >= 11 is 0. The van der Waals surface area contributed by atoms with Crippen LogP contribution in [-0.4, -0.2) is 11.9 Å². The molecule has 4 nitrogen and oxygen atoms in total. The van der Waals surface area contributed by atoms with Gasteiger partial charge >= 0.3 is 11.9 Å². The van der Waals surface area contributed by atoms with Gasteiger partial charge in [-0.25, -0.2) is 9.59 Å². The number of esters is 2. The zero-order valence-corrected chi connectivity index (χ0v) is 34.2. The van der Waals surface area contributed by atoms with Crippen molar-refractivity contribution in [3.63, 3.8) is 0 Å². The average molecular weight is 777 g/mol. The first-order chi connectivity index (χ1) is 29.0. The van der Waals surface area contributed by atoms with Crippen LogP contribution in [0, 0.1) is 11.8 Å². The van der Waals surface area contributed by atoms with Gasteiger partial charge in [0.15, 0.2) is 0 Å². The molecule has 4 aliphatic carbocycles. The summed E-state index contributed by atoms with van der Waals surface area (Å²) in [4.78, 5) is 28.4. The van der Waals surface area contributed by atoms with E-state index in [9.17, 15) is 9.59 Å². The van der Waals surface area contributed by atoms with Crippen LogP contribution < -0.4 is 9.47 Å². The fourth-order valence-electron chi connectivity index (χ4n) is 11.3. The van der Waals surface area contributed by atoms with Crippen molar-refractivity contribution in [2.45, 2.75) is 95.3 Å². The lowest BCUT2D eigenvalue weighted by atomic mass is 9.70. The first-order valence-corrected chi connectivity index (χ1v) is 22.1. The highest BCUT2D eigenvalue weighted by atomic mass is 16.5. The summed E-state index contributed by atoms with van der Waals surface area (Å²) in [6, 6.07) is 45.1. The highest BCUT2D eigenvalue weighted by Gasteiger charge is 2.55. The minimum absolute atomic E-state index is 0.390. The number of fused-ring (bicyclic) bond motifs is 10. The molecular formula is C55H52O4. The molecule has 0 radical (unpaired) electrons. The van der Waals surface area contributed by atoms with E-state index in [0.29, 0.717) is 34.5 Å². The van der Waals surface area contributed by atoms with Gasteiger partial charge in [-0.3, -0.25) is 0 Å². The highest BCUT2D eigenvalue weighted by molar-refractivity contribution is 6.00. The van der Waals surface area contributed by atoms with Gasteiger partial charge in [0.1, 0.15) is 11.5 Å². The van der Waals surface area contributed by atoms with Crippen LogP contribution in [0.4, 0.5) is 0 Å². The average Bonchev–Trinajstić information content (AvgIpc) is 3.77. The second-order valence-electron chi connectivity index (χ2n) is 17.5. The van der Waals surface area contributed by atoms with E-state index in [1.54, 1.807) is 0 Å². The number of benzene rings is 6. The number of carbonyl (C=O) groups excluding carboxylic acids is 2. The predicted molar refractivity (Wildman–Crippen MR) is 236 cm³/mol. The van der Waals surface area contributed by atoms with Gasteiger partial charge in [0, 0.05) is 11.1 Å². The summed E-state index contributed by atoms with van der Waals surface area (Å²) in [7, 11) is 0. The Morgan fingerprint density at radius 1 is 0.458 bits per heavy atom. The SMILES string of the molecule is CCC1CCC(c2ccc(C(=O)Oc3cccc4c3C3(c5ccccc5-4)c4ccccc4-c4cccc(OC(=O)c5ccc(C6CCC(CC)CC6)cc5)c43)cc2)CC1. The van der Waals surface area contributed by atoms with Gasteiger partial charge in [0.05, 0.1) is 16.5 Å². The molecule has 6 aromatic rings. The smallest absolute Gasteiger partial charge is 0.343 e. The molecular weight excluding hydrogens is 725 g/mol. The first-order valence-electron chi connectivity index (χ1n) is 22.1. The van der Waals surface area contributed by atoms with Gasteiger partial charge in [-0.1, -0.05) is 124 Å². The van der Waals surface area contributed by atoms with Crippen LogP contribution in [0.25, 0.3) is 22.3 Å². The van der Waals surface area contributed by atoms with Gasteiger partial charge in [0.2, 0.25) is 0 Å². The summed E-state index contributed by atoms with van der Waals surface area (Å²) in [5, 5.41) is 0. The van der Waals surface area contributed by atoms with Crippen molar-refractivity contribution in [1.29, 1.82) is 0 Å². The second kappa shape index (κ2) is 15.5. The Morgan fingerprint density at radius 2 is 0.831 bits per heavy atom. The Hall–Kier alpha value is -5.74. The Morgan fingerprint density at radius 3 is 1.22 bits per heavy atom. The number of rotatable bonds is 8. The lowest BCUT2D eigenvalue weighted by molar-refractivity contribution is 0.0725. The Kier molecular flexibility index (Phi) is 9.83. The molecule has 2 fully saturated rings. The van der Waals surface area contributed by atoms with Crippen LogP contribution in [0.2, 0.25) is 0 Å². The molecule has 0 aliphatic heterocycles. The van der Waals surface area contributed by atoms with Crippen molar-refractivity contribution in [3.8, 4) is 33.8 Å². The van der Waals surface area contributed by atoms with Crippen LogP contribution in [0.3, 0.4) is 0 Å². The third-order valence-corrected chi connectivity index (χ3v) is 14.5. The molecule has 0 heterocycles. The molecule has 0 aromatic heterocycles. The third-order valence-electron chi connectivity index (χ3n) is 14.5. The van der Waals surface area contributed by atoms with E-state index < -0.39 is 5.41 Å². The second-order valence-corrected chi connectivity index (χ2v) is 17.5. The Labute approximate surface area is 348 Å². The molecule has 2 saturated carbocycles. The standard InChI is InChI=1S/C55H52O4/c1-3-35-19-23-37(24-20-35)39-27-31-41(32-28-39)53(56)58-49-17-9-13-45-43-11-5-7-15-47(43)55(51(45)49)48-16-8-6-12-44(48)46-14-10-18-50(52(46)55)59-54(57)42-33-29-40(30-34-42)38-25-21-36(4-2)22-26-38/h5-18,27-38H,3-4,19-26H2,1-2H3. The van der Waals surface area contributed by atoms with E-state index in [1.807, 2.05) is 48.5 Å². The maximum Gasteiger partial charge on any atom is 0.343 e. The monoisotopic (exact) mass is 776 g/mol. The van der Waals surface area contributed by atoms with Gasteiger partial charge in [0.25, 0.3) is 0 Å². The Balaban J connectivity index is 1.02. The fraction of sp³-hybridized carbons (Fsp3) is 0.309. The molecule has 4 aliphatic rings. The van der Waals surface area contributed by atoms with Crippen molar-refractivity contribution < 1.29 is 19.1 Å². The van der Waals surface area contributed by atoms with E-state index in [0.717, 1.165) is 56.3 Å².